The lowest BCUT2D eigenvalue weighted by molar-refractivity contribution is -0.122. The van der Waals surface area contributed by atoms with Gasteiger partial charge < -0.3 is 19.7 Å². The van der Waals surface area contributed by atoms with Gasteiger partial charge >= 0.3 is 6.09 Å². The summed E-state index contributed by atoms with van der Waals surface area (Å²) in [6.45, 7) is 25.7. The minimum Gasteiger partial charge on any atom is -0.480 e. The normalized spacial score (nSPS) is 19.7. The van der Waals surface area contributed by atoms with Gasteiger partial charge in [0.25, 0.3) is 11.6 Å². The number of carbonyl (C=O) groups excluding carboxylic acids is 2. The minimum absolute atomic E-state index is 0.152. The van der Waals surface area contributed by atoms with Crippen LogP contribution in [-0.2, 0) is 11.2 Å². The Bertz CT molecular complexity index is 1840. The molecule has 3 atom stereocenters. The molecule has 260 valence electrons. The maximum atomic E-state index is 13.4. The van der Waals surface area contributed by atoms with Crippen LogP contribution in [0.2, 0.25) is 0 Å². The fraction of sp³-hybridized carbons (Fsp3) is 0.487. The number of anilines is 1. The lowest BCUT2D eigenvalue weighted by atomic mass is 9.67. The first kappa shape index (κ1) is 35.5. The fourth-order valence-electron chi connectivity index (χ4n) is 7.47. The van der Waals surface area contributed by atoms with Crippen LogP contribution in [0.5, 0.6) is 11.6 Å². The van der Waals surface area contributed by atoms with Crippen molar-refractivity contribution >= 4 is 29.0 Å². The standard InChI is InChI=1S/C39H50N6O4/c1-10-32(48-33-17-16-23(4)18-27(33)8)37(46)41-29-15-13-14-28(21-29)35-42-36-31(22-30-25(6)19-24(5)20-26(30)7)34(40-9)38(45(36)43-35)49-39(47)44(11-2)12-3/h13-18,21,24-26,30,32H,10-12,19-20,22H2,1-8H3,(H,41,46)(H,42,43). The summed E-state index contributed by atoms with van der Waals surface area (Å²) < 4.78 is 13.7. The molecule has 0 bridgehead atoms. The van der Waals surface area contributed by atoms with E-state index in [1.165, 1.54) is 0 Å². The number of aromatic amines is 1. The molecule has 0 saturated heterocycles. The van der Waals surface area contributed by atoms with Crippen molar-refractivity contribution in [2.75, 3.05) is 18.4 Å². The SMILES string of the molecule is [C-]#[N+]c1c(CC2C(C)CC(C)CC2C)c2nc(-c3cccc(NC(=O)C(CC)Oc4ccc(C)cc4C)c3)[nH]n2c1OC(=O)N(CC)CC. The van der Waals surface area contributed by atoms with E-state index in [-0.39, 0.29) is 11.8 Å². The molecule has 2 aromatic carbocycles. The Hall–Kier alpha value is -4.78. The van der Waals surface area contributed by atoms with E-state index in [1.54, 1.807) is 9.42 Å². The van der Waals surface area contributed by atoms with Crippen LogP contribution in [0.15, 0.2) is 42.5 Å². The number of fused-ring (bicyclic) bond motifs is 1. The molecular weight excluding hydrogens is 616 g/mol. The summed E-state index contributed by atoms with van der Waals surface area (Å²) in [4.78, 5) is 37.0. The second-order valence-electron chi connectivity index (χ2n) is 13.8. The first-order valence-electron chi connectivity index (χ1n) is 17.6. The van der Waals surface area contributed by atoms with Crippen LogP contribution >= 0.6 is 0 Å². The number of H-pyrrole nitrogens is 1. The molecule has 4 aromatic rings. The zero-order valence-electron chi connectivity index (χ0n) is 30.1. The molecule has 0 spiro atoms. The van der Waals surface area contributed by atoms with E-state index in [2.05, 4.69) is 36.0 Å². The smallest absolute Gasteiger partial charge is 0.415 e. The summed E-state index contributed by atoms with van der Waals surface area (Å²) >= 11 is 0. The molecule has 2 N–H and O–H groups in total. The van der Waals surface area contributed by atoms with Gasteiger partial charge in [-0.1, -0.05) is 57.5 Å². The molecule has 10 heteroatoms. The zero-order chi connectivity index (χ0) is 35.4. The monoisotopic (exact) mass is 666 g/mol. The fourth-order valence-corrected chi connectivity index (χ4v) is 7.47. The lowest BCUT2D eigenvalue weighted by Crippen LogP contribution is -2.33. The number of benzene rings is 2. The number of nitrogens with zero attached hydrogens (tertiary/aromatic N) is 4. The summed E-state index contributed by atoms with van der Waals surface area (Å²) in [6.07, 6.45) is 2.27. The van der Waals surface area contributed by atoms with Crippen LogP contribution in [0, 0.1) is 44.1 Å². The molecule has 1 saturated carbocycles. The van der Waals surface area contributed by atoms with Gasteiger partial charge in [0.15, 0.2) is 11.9 Å². The molecule has 2 amide bonds. The van der Waals surface area contributed by atoms with Gasteiger partial charge in [-0.05, 0) is 101 Å². The van der Waals surface area contributed by atoms with Crippen molar-refractivity contribution < 1.29 is 19.1 Å². The molecule has 5 rings (SSSR count). The number of amides is 2. The molecule has 0 radical (unpaired) electrons. The number of aromatic nitrogens is 3. The number of nitrogens with one attached hydrogen (secondary N) is 2. The van der Waals surface area contributed by atoms with Crippen LogP contribution in [0.4, 0.5) is 16.2 Å². The molecule has 49 heavy (non-hydrogen) atoms. The molecule has 2 heterocycles. The molecule has 1 aliphatic carbocycles. The molecule has 0 aliphatic heterocycles. The lowest BCUT2D eigenvalue weighted by Gasteiger charge is -2.38. The van der Waals surface area contributed by atoms with Crippen LogP contribution in [-0.4, -0.2) is 50.7 Å². The number of aryl methyl sites for hydroxylation is 2. The average Bonchev–Trinajstić information content (AvgIpc) is 3.61. The quantitative estimate of drug-likeness (QED) is 0.156. The highest BCUT2D eigenvalue weighted by atomic mass is 16.6. The predicted molar refractivity (Wildman–Crippen MR) is 193 cm³/mol. The Morgan fingerprint density at radius 1 is 1.08 bits per heavy atom. The van der Waals surface area contributed by atoms with Gasteiger partial charge in [0.2, 0.25) is 5.88 Å². The third kappa shape index (κ3) is 7.61. The molecule has 1 aliphatic rings. The van der Waals surface area contributed by atoms with Crippen LogP contribution in [0.1, 0.15) is 77.5 Å². The maximum absolute atomic E-state index is 13.4. The number of hydrogen-bond donors (Lipinski definition) is 2. The zero-order valence-corrected chi connectivity index (χ0v) is 30.1. The van der Waals surface area contributed by atoms with Gasteiger partial charge in [0.1, 0.15) is 11.4 Å². The van der Waals surface area contributed by atoms with E-state index >= 15 is 0 Å². The highest BCUT2D eigenvalue weighted by Gasteiger charge is 2.35. The first-order valence-corrected chi connectivity index (χ1v) is 17.6. The van der Waals surface area contributed by atoms with Crippen molar-refractivity contribution in [3.63, 3.8) is 0 Å². The first-order chi connectivity index (χ1) is 23.5. The summed E-state index contributed by atoms with van der Waals surface area (Å²) in [5.74, 6) is 3.12. The predicted octanol–water partition coefficient (Wildman–Crippen LogP) is 8.99. The highest BCUT2D eigenvalue weighted by Crippen LogP contribution is 2.45. The van der Waals surface area contributed by atoms with Gasteiger partial charge in [-0.25, -0.2) is 19.1 Å². The van der Waals surface area contributed by atoms with Crippen molar-refractivity contribution in [1.29, 1.82) is 0 Å². The van der Waals surface area contributed by atoms with E-state index in [1.807, 2.05) is 77.1 Å². The van der Waals surface area contributed by atoms with Gasteiger partial charge in [-0.15, -0.1) is 0 Å². The largest absolute Gasteiger partial charge is 0.480 e. The topological polar surface area (TPSA) is 105 Å². The van der Waals surface area contributed by atoms with Gasteiger partial charge in [-0.2, -0.15) is 0 Å². The van der Waals surface area contributed by atoms with Crippen molar-refractivity contribution in [2.45, 2.75) is 87.2 Å². The Kier molecular flexibility index (Phi) is 11.0. The summed E-state index contributed by atoms with van der Waals surface area (Å²) in [6, 6.07) is 13.3. The van der Waals surface area contributed by atoms with Crippen molar-refractivity contribution in [2.24, 2.45) is 23.7 Å². The number of hydrogen-bond acceptors (Lipinski definition) is 5. The third-order valence-electron chi connectivity index (χ3n) is 10.0. The summed E-state index contributed by atoms with van der Waals surface area (Å²) in [7, 11) is 0. The summed E-state index contributed by atoms with van der Waals surface area (Å²) in [5.41, 5.74) is 5.12. The molecule has 2 aromatic heterocycles. The summed E-state index contributed by atoms with van der Waals surface area (Å²) in [5, 5.41) is 6.32. The number of ether oxygens (including phenoxy) is 2. The van der Waals surface area contributed by atoms with E-state index in [0.717, 1.165) is 35.1 Å². The Labute approximate surface area is 290 Å². The Morgan fingerprint density at radius 3 is 2.43 bits per heavy atom. The Balaban J connectivity index is 1.48. The van der Waals surface area contributed by atoms with E-state index in [4.69, 9.17) is 21.0 Å². The van der Waals surface area contributed by atoms with Gasteiger partial charge in [0.05, 0.1) is 6.57 Å². The van der Waals surface area contributed by atoms with Crippen LogP contribution < -0.4 is 14.8 Å². The number of carbonyl (C=O) groups is 2. The van der Waals surface area contributed by atoms with E-state index < -0.39 is 12.2 Å². The van der Waals surface area contributed by atoms with E-state index in [9.17, 15) is 9.59 Å². The highest BCUT2D eigenvalue weighted by molar-refractivity contribution is 5.95. The van der Waals surface area contributed by atoms with Gasteiger partial charge in [-0.3, -0.25) is 9.89 Å². The second kappa shape index (κ2) is 15.2. The van der Waals surface area contributed by atoms with Crippen LogP contribution in [0.3, 0.4) is 0 Å². The molecule has 1 fully saturated rings. The van der Waals surface area contributed by atoms with Crippen molar-refractivity contribution in [1.82, 2.24) is 19.5 Å². The van der Waals surface area contributed by atoms with Crippen LogP contribution in [0.25, 0.3) is 21.9 Å². The third-order valence-corrected chi connectivity index (χ3v) is 10.0. The van der Waals surface area contributed by atoms with Crippen molar-refractivity contribution in [3.8, 4) is 23.0 Å². The maximum Gasteiger partial charge on any atom is 0.415 e. The number of rotatable bonds is 11. The second-order valence-corrected chi connectivity index (χ2v) is 13.8. The molecule has 3 unspecified atom stereocenters. The molecular formula is C39H50N6O4. The molecule has 10 nitrogen and oxygen atoms in total. The van der Waals surface area contributed by atoms with Crippen molar-refractivity contribution in [3.05, 3.63) is 70.6 Å². The average molecular weight is 667 g/mol. The minimum atomic E-state index is -0.669. The van der Waals surface area contributed by atoms with E-state index in [0.29, 0.717) is 78.2 Å². The Morgan fingerprint density at radius 2 is 1.80 bits per heavy atom. The van der Waals surface area contributed by atoms with Gasteiger partial charge in [0, 0.05) is 29.9 Å².